The molecule has 138 valence electrons. The molecular weight excluding hydrogens is 325 g/mol. The van der Waals surface area contributed by atoms with E-state index < -0.39 is 11.7 Å². The van der Waals surface area contributed by atoms with Crippen LogP contribution in [0, 0.1) is 11.3 Å². The molecule has 2 nitrogen and oxygen atoms in total. The van der Waals surface area contributed by atoms with Crippen LogP contribution in [-0.4, -0.2) is 42.5 Å². The normalized spacial score (nSPS) is 28.8. The van der Waals surface area contributed by atoms with Crippen molar-refractivity contribution in [2.24, 2.45) is 11.3 Å². The molecule has 1 aromatic carbocycles. The van der Waals surface area contributed by atoms with E-state index in [1.165, 1.54) is 63.9 Å². The zero-order valence-electron chi connectivity index (χ0n) is 14.7. The van der Waals surface area contributed by atoms with Gasteiger partial charge in [-0.3, -0.25) is 4.90 Å². The zero-order chi connectivity index (χ0) is 17.5. The van der Waals surface area contributed by atoms with Gasteiger partial charge in [0.1, 0.15) is 0 Å². The monoisotopic (exact) mass is 352 g/mol. The van der Waals surface area contributed by atoms with Crippen molar-refractivity contribution in [1.29, 1.82) is 0 Å². The van der Waals surface area contributed by atoms with Crippen LogP contribution in [0.5, 0.6) is 0 Å². The van der Waals surface area contributed by atoms with E-state index in [-0.39, 0.29) is 0 Å². The highest BCUT2D eigenvalue weighted by molar-refractivity contribution is 5.24. The number of hydrogen-bond acceptors (Lipinski definition) is 2. The number of alkyl halides is 3. The third-order valence-electron chi connectivity index (χ3n) is 6.16. The summed E-state index contributed by atoms with van der Waals surface area (Å²) in [5.41, 5.74) is 0.840. The highest BCUT2D eigenvalue weighted by Crippen LogP contribution is 2.41. The molecule has 0 amide bonds. The molecule has 2 saturated heterocycles. The Morgan fingerprint density at radius 3 is 2.36 bits per heavy atom. The fourth-order valence-electron chi connectivity index (χ4n) is 4.68. The van der Waals surface area contributed by atoms with Crippen molar-refractivity contribution in [3.8, 4) is 0 Å². The van der Waals surface area contributed by atoms with Crippen molar-refractivity contribution in [2.75, 3.05) is 32.7 Å². The number of likely N-dealkylation sites (tertiary alicyclic amines) is 2. The van der Waals surface area contributed by atoms with Gasteiger partial charge in [0.25, 0.3) is 0 Å². The third kappa shape index (κ3) is 4.20. The van der Waals surface area contributed by atoms with Gasteiger partial charge in [-0.25, -0.2) is 0 Å². The van der Waals surface area contributed by atoms with Gasteiger partial charge in [0, 0.05) is 26.2 Å². The van der Waals surface area contributed by atoms with E-state index in [0.717, 1.165) is 31.1 Å². The van der Waals surface area contributed by atoms with E-state index in [1.807, 2.05) is 0 Å². The van der Waals surface area contributed by atoms with E-state index in [4.69, 9.17) is 0 Å². The van der Waals surface area contributed by atoms with Crippen LogP contribution < -0.4 is 0 Å². The summed E-state index contributed by atoms with van der Waals surface area (Å²) in [6.07, 6.45) is 2.39. The van der Waals surface area contributed by atoms with Gasteiger partial charge in [-0.05, 0) is 74.2 Å². The Hall–Kier alpha value is -1.07. The van der Waals surface area contributed by atoms with Crippen LogP contribution in [0.4, 0.5) is 13.2 Å². The molecule has 3 aliphatic rings. The second kappa shape index (κ2) is 6.58. The average molecular weight is 352 g/mol. The van der Waals surface area contributed by atoms with Crippen molar-refractivity contribution in [1.82, 2.24) is 9.80 Å². The number of halogens is 3. The molecule has 2 aliphatic heterocycles. The molecule has 1 aliphatic carbocycles. The topological polar surface area (TPSA) is 6.48 Å². The van der Waals surface area contributed by atoms with Crippen LogP contribution in [-0.2, 0) is 12.7 Å². The highest BCUT2D eigenvalue weighted by atomic mass is 19.4. The molecule has 5 heteroatoms. The summed E-state index contributed by atoms with van der Waals surface area (Å²) in [4.78, 5) is 5.10. The van der Waals surface area contributed by atoms with E-state index in [0.29, 0.717) is 5.41 Å². The summed E-state index contributed by atoms with van der Waals surface area (Å²) in [7, 11) is 0. The first-order chi connectivity index (χ1) is 11.9. The van der Waals surface area contributed by atoms with E-state index in [2.05, 4.69) is 9.80 Å². The van der Waals surface area contributed by atoms with Crippen LogP contribution in [0.3, 0.4) is 0 Å². The molecular formula is C20H27F3N2. The van der Waals surface area contributed by atoms with Crippen molar-refractivity contribution in [3.05, 3.63) is 35.4 Å². The smallest absolute Gasteiger partial charge is 0.302 e. The minimum absolute atomic E-state index is 0.416. The van der Waals surface area contributed by atoms with Crippen LogP contribution in [0.25, 0.3) is 0 Å². The third-order valence-corrected chi connectivity index (χ3v) is 6.16. The van der Waals surface area contributed by atoms with E-state index in [9.17, 15) is 13.2 Å². The summed E-state index contributed by atoms with van der Waals surface area (Å²) in [5.74, 6) is 0.944. The number of rotatable bonds is 4. The van der Waals surface area contributed by atoms with E-state index >= 15 is 0 Å². The first-order valence-corrected chi connectivity index (χ1v) is 9.53. The Balaban J connectivity index is 1.34. The van der Waals surface area contributed by atoms with Crippen molar-refractivity contribution in [3.63, 3.8) is 0 Å². The maximum absolute atomic E-state index is 12.7. The Morgan fingerprint density at radius 2 is 1.68 bits per heavy atom. The second-order valence-electron chi connectivity index (χ2n) is 8.44. The van der Waals surface area contributed by atoms with Crippen molar-refractivity contribution < 1.29 is 13.2 Å². The fraction of sp³-hybridized carbons (Fsp3) is 0.700. The Bertz CT molecular complexity index is 594. The minimum Gasteiger partial charge on any atom is -0.302 e. The van der Waals surface area contributed by atoms with Crippen molar-refractivity contribution >= 4 is 0 Å². The van der Waals surface area contributed by atoms with Crippen LogP contribution in [0.15, 0.2) is 24.3 Å². The largest absolute Gasteiger partial charge is 0.416 e. The predicted molar refractivity (Wildman–Crippen MR) is 92.2 cm³/mol. The lowest BCUT2D eigenvalue weighted by Gasteiger charge is -2.40. The standard InChI is InChI=1S/C20H27F3N2/c21-20(22,23)18-6-4-17(5-7-18)13-25-11-9-19(15-25)8-1-10-24(14-19)12-16-2-3-16/h4-7,16H,1-3,8-15H2. The Kier molecular flexibility index (Phi) is 4.57. The summed E-state index contributed by atoms with van der Waals surface area (Å²) in [6.45, 7) is 6.67. The van der Waals surface area contributed by atoms with Crippen LogP contribution in [0.1, 0.15) is 43.2 Å². The summed E-state index contributed by atoms with van der Waals surface area (Å²) >= 11 is 0. The van der Waals surface area contributed by atoms with Gasteiger partial charge in [-0.15, -0.1) is 0 Å². The van der Waals surface area contributed by atoms with Gasteiger partial charge in [0.2, 0.25) is 0 Å². The maximum Gasteiger partial charge on any atom is 0.416 e. The van der Waals surface area contributed by atoms with Gasteiger partial charge >= 0.3 is 6.18 Å². The van der Waals surface area contributed by atoms with E-state index in [1.54, 1.807) is 12.1 Å². The molecule has 3 fully saturated rings. The van der Waals surface area contributed by atoms with Crippen LogP contribution in [0.2, 0.25) is 0 Å². The average Bonchev–Trinajstić information content (AvgIpc) is 3.29. The lowest BCUT2D eigenvalue weighted by molar-refractivity contribution is -0.137. The van der Waals surface area contributed by atoms with Crippen molar-refractivity contribution in [2.45, 2.75) is 44.8 Å². The molecule has 1 saturated carbocycles. The van der Waals surface area contributed by atoms with Gasteiger partial charge in [-0.1, -0.05) is 12.1 Å². The number of nitrogens with zero attached hydrogens (tertiary/aromatic N) is 2. The zero-order valence-corrected chi connectivity index (χ0v) is 14.7. The number of piperidine rings is 1. The predicted octanol–water partition coefficient (Wildman–Crippen LogP) is 4.40. The lowest BCUT2D eigenvalue weighted by atomic mass is 9.79. The van der Waals surface area contributed by atoms with Gasteiger partial charge in [-0.2, -0.15) is 13.2 Å². The first-order valence-electron chi connectivity index (χ1n) is 9.53. The lowest BCUT2D eigenvalue weighted by Crippen LogP contribution is -2.45. The molecule has 0 aromatic heterocycles. The summed E-state index contributed by atoms with van der Waals surface area (Å²) in [5, 5.41) is 0. The van der Waals surface area contributed by atoms with Gasteiger partial charge in [0.15, 0.2) is 0 Å². The molecule has 4 rings (SSSR count). The summed E-state index contributed by atoms with van der Waals surface area (Å²) in [6, 6.07) is 5.68. The van der Waals surface area contributed by atoms with Gasteiger partial charge < -0.3 is 4.90 Å². The molecule has 1 atom stereocenters. The molecule has 1 spiro atoms. The number of hydrogen-bond donors (Lipinski definition) is 0. The molecule has 2 heterocycles. The molecule has 1 aromatic rings. The highest BCUT2D eigenvalue weighted by Gasteiger charge is 2.42. The maximum atomic E-state index is 12.7. The molecule has 0 radical (unpaired) electrons. The SMILES string of the molecule is FC(F)(F)c1ccc(CN2CCC3(CCCN(CC4CC4)C3)C2)cc1. The molecule has 1 unspecified atom stereocenters. The molecule has 0 bridgehead atoms. The number of benzene rings is 1. The molecule has 0 N–H and O–H groups in total. The minimum atomic E-state index is -4.25. The quantitative estimate of drug-likeness (QED) is 0.792. The van der Waals surface area contributed by atoms with Gasteiger partial charge in [0.05, 0.1) is 5.56 Å². The molecule has 25 heavy (non-hydrogen) atoms. The Morgan fingerprint density at radius 1 is 0.960 bits per heavy atom. The Labute approximate surface area is 148 Å². The first kappa shape index (κ1) is 17.3. The second-order valence-corrected chi connectivity index (χ2v) is 8.44. The fourth-order valence-corrected chi connectivity index (χ4v) is 4.68. The van der Waals surface area contributed by atoms with Crippen LogP contribution >= 0.6 is 0 Å². The summed E-state index contributed by atoms with van der Waals surface area (Å²) < 4.78 is 38.0.